The van der Waals surface area contributed by atoms with E-state index in [2.05, 4.69) is 5.32 Å². The first-order valence-electron chi connectivity index (χ1n) is 7.97. The fourth-order valence-corrected chi connectivity index (χ4v) is 2.39. The Kier molecular flexibility index (Phi) is 6.11. The molecule has 0 aromatic heterocycles. The van der Waals surface area contributed by atoms with Gasteiger partial charge in [0.25, 0.3) is 0 Å². The van der Waals surface area contributed by atoms with E-state index < -0.39 is 5.82 Å². The van der Waals surface area contributed by atoms with Gasteiger partial charge in [0.15, 0.2) is 0 Å². The number of anilines is 3. The molecule has 2 amide bonds. The summed E-state index contributed by atoms with van der Waals surface area (Å²) in [6, 6.07) is 13.2. The van der Waals surface area contributed by atoms with E-state index >= 15 is 0 Å². The molecule has 0 aliphatic rings. The summed E-state index contributed by atoms with van der Waals surface area (Å²) in [6.45, 7) is 1.57. The van der Waals surface area contributed by atoms with Crippen LogP contribution in [0.3, 0.4) is 0 Å². The van der Waals surface area contributed by atoms with E-state index in [-0.39, 0.29) is 24.8 Å². The molecule has 2 aromatic rings. The Labute approximate surface area is 147 Å². The van der Waals surface area contributed by atoms with Crippen molar-refractivity contribution < 1.29 is 14.0 Å². The minimum atomic E-state index is -0.422. The van der Waals surface area contributed by atoms with Crippen molar-refractivity contribution in [1.82, 2.24) is 0 Å². The van der Waals surface area contributed by atoms with E-state index in [1.165, 1.54) is 30.0 Å². The van der Waals surface area contributed by atoms with Gasteiger partial charge in [-0.15, -0.1) is 0 Å². The number of hydrogen-bond donors (Lipinski definition) is 1. The maximum Gasteiger partial charge on any atom is 0.226 e. The van der Waals surface area contributed by atoms with E-state index in [1.807, 2.05) is 43.3 Å². The Balaban J connectivity index is 1.96. The van der Waals surface area contributed by atoms with Gasteiger partial charge in [-0.3, -0.25) is 9.59 Å². The van der Waals surface area contributed by atoms with Crippen molar-refractivity contribution in [1.29, 1.82) is 0 Å². The molecule has 0 heterocycles. The van der Waals surface area contributed by atoms with Crippen molar-refractivity contribution in [2.75, 3.05) is 35.8 Å². The lowest BCUT2D eigenvalue weighted by atomic mass is 10.2. The maximum atomic E-state index is 13.3. The summed E-state index contributed by atoms with van der Waals surface area (Å²) >= 11 is 0. The van der Waals surface area contributed by atoms with Gasteiger partial charge in [-0.2, -0.15) is 0 Å². The highest BCUT2D eigenvalue weighted by Crippen LogP contribution is 2.18. The van der Waals surface area contributed by atoms with Crippen LogP contribution in [0.15, 0.2) is 48.5 Å². The Morgan fingerprint density at radius 2 is 1.72 bits per heavy atom. The lowest BCUT2D eigenvalue weighted by Crippen LogP contribution is -2.32. The first-order valence-corrected chi connectivity index (χ1v) is 7.97. The molecule has 5 nitrogen and oxygen atoms in total. The molecule has 0 bridgehead atoms. The molecule has 6 heteroatoms. The third-order valence-corrected chi connectivity index (χ3v) is 3.73. The highest BCUT2D eigenvalue weighted by Gasteiger charge is 2.14. The molecule has 0 saturated heterocycles. The summed E-state index contributed by atoms with van der Waals surface area (Å²) in [4.78, 5) is 27.3. The number of nitrogens with one attached hydrogen (secondary N) is 1. The maximum absolute atomic E-state index is 13.3. The van der Waals surface area contributed by atoms with E-state index in [1.54, 1.807) is 6.07 Å². The molecule has 0 atom stereocenters. The second kappa shape index (κ2) is 8.28. The standard InChI is InChI=1S/C19H22FN3O2/c1-14(24)23(18-6-4-5-15(20)13-18)12-11-19(25)21-16-7-9-17(10-8-16)22(2)3/h4-10,13H,11-12H2,1-3H3,(H,21,25). The van der Waals surface area contributed by atoms with Crippen molar-refractivity contribution in [3.63, 3.8) is 0 Å². The van der Waals surface area contributed by atoms with Crippen LogP contribution in [0.2, 0.25) is 0 Å². The SMILES string of the molecule is CC(=O)N(CCC(=O)Nc1ccc(N(C)C)cc1)c1cccc(F)c1. The van der Waals surface area contributed by atoms with Gasteiger partial charge in [-0.25, -0.2) is 4.39 Å². The Bertz CT molecular complexity index is 745. The highest BCUT2D eigenvalue weighted by atomic mass is 19.1. The minimum Gasteiger partial charge on any atom is -0.378 e. The second-order valence-corrected chi connectivity index (χ2v) is 5.89. The van der Waals surface area contributed by atoms with Gasteiger partial charge in [0.05, 0.1) is 0 Å². The number of amides is 2. The van der Waals surface area contributed by atoms with Gasteiger partial charge in [-0.1, -0.05) is 6.07 Å². The molecular weight excluding hydrogens is 321 g/mol. The minimum absolute atomic E-state index is 0.117. The van der Waals surface area contributed by atoms with Crippen LogP contribution >= 0.6 is 0 Å². The van der Waals surface area contributed by atoms with Crippen LogP contribution in [0.1, 0.15) is 13.3 Å². The van der Waals surface area contributed by atoms with Crippen molar-refractivity contribution >= 4 is 28.9 Å². The molecule has 0 saturated carbocycles. The predicted molar refractivity (Wildman–Crippen MR) is 98.4 cm³/mol. The van der Waals surface area contributed by atoms with Gasteiger partial charge in [0.2, 0.25) is 11.8 Å². The molecule has 0 fully saturated rings. The first kappa shape index (κ1) is 18.4. The molecule has 1 N–H and O–H groups in total. The zero-order chi connectivity index (χ0) is 18.4. The van der Waals surface area contributed by atoms with Crippen LogP contribution in [0.4, 0.5) is 21.5 Å². The lowest BCUT2D eigenvalue weighted by Gasteiger charge is -2.21. The Morgan fingerprint density at radius 1 is 1.04 bits per heavy atom. The largest absolute Gasteiger partial charge is 0.378 e. The third kappa shape index (κ3) is 5.31. The topological polar surface area (TPSA) is 52.7 Å². The third-order valence-electron chi connectivity index (χ3n) is 3.73. The van der Waals surface area contributed by atoms with Crippen molar-refractivity contribution in [3.8, 4) is 0 Å². The zero-order valence-electron chi connectivity index (χ0n) is 14.6. The van der Waals surface area contributed by atoms with E-state index in [0.717, 1.165) is 5.69 Å². The monoisotopic (exact) mass is 343 g/mol. The van der Waals surface area contributed by atoms with Gasteiger partial charge < -0.3 is 15.1 Å². The smallest absolute Gasteiger partial charge is 0.226 e. The van der Waals surface area contributed by atoms with Crippen LogP contribution < -0.4 is 15.1 Å². The number of hydrogen-bond acceptors (Lipinski definition) is 3. The summed E-state index contributed by atoms with van der Waals surface area (Å²) in [6.07, 6.45) is 0.117. The summed E-state index contributed by atoms with van der Waals surface area (Å²) in [5.74, 6) is -0.872. The average Bonchev–Trinajstić information content (AvgIpc) is 2.55. The summed E-state index contributed by atoms with van der Waals surface area (Å²) in [7, 11) is 3.88. The van der Waals surface area contributed by atoms with E-state index in [9.17, 15) is 14.0 Å². The fourth-order valence-electron chi connectivity index (χ4n) is 2.39. The molecule has 0 unspecified atom stereocenters. The van der Waals surface area contributed by atoms with Crippen molar-refractivity contribution in [3.05, 3.63) is 54.3 Å². The van der Waals surface area contributed by atoms with Gasteiger partial charge in [0, 0.05) is 51.0 Å². The van der Waals surface area contributed by atoms with Crippen molar-refractivity contribution in [2.45, 2.75) is 13.3 Å². The molecule has 0 spiro atoms. The Morgan fingerprint density at radius 3 is 2.28 bits per heavy atom. The molecule has 132 valence electrons. The molecular formula is C19H22FN3O2. The molecule has 0 aliphatic heterocycles. The quantitative estimate of drug-likeness (QED) is 0.876. The van der Waals surface area contributed by atoms with Gasteiger partial charge >= 0.3 is 0 Å². The van der Waals surface area contributed by atoms with Gasteiger partial charge in [0.1, 0.15) is 5.82 Å². The number of carbonyl (C=O) groups is 2. The van der Waals surface area contributed by atoms with Crippen molar-refractivity contribution in [2.24, 2.45) is 0 Å². The number of nitrogens with zero attached hydrogens (tertiary/aromatic N) is 2. The summed E-state index contributed by atoms with van der Waals surface area (Å²) in [5.41, 5.74) is 2.17. The van der Waals surface area contributed by atoms with Crippen LogP contribution in [0, 0.1) is 5.82 Å². The molecule has 2 rings (SSSR count). The van der Waals surface area contributed by atoms with Crippen LogP contribution in [0.25, 0.3) is 0 Å². The van der Waals surface area contributed by atoms with Crippen LogP contribution in [-0.4, -0.2) is 32.5 Å². The van der Waals surface area contributed by atoms with Crippen LogP contribution in [0.5, 0.6) is 0 Å². The fraction of sp³-hybridized carbons (Fsp3) is 0.263. The Hall–Kier alpha value is -2.89. The van der Waals surface area contributed by atoms with E-state index in [4.69, 9.17) is 0 Å². The summed E-state index contributed by atoms with van der Waals surface area (Å²) < 4.78 is 13.3. The molecule has 2 aromatic carbocycles. The number of rotatable bonds is 6. The van der Waals surface area contributed by atoms with Gasteiger partial charge in [-0.05, 0) is 42.5 Å². The zero-order valence-corrected chi connectivity index (χ0v) is 14.6. The molecule has 0 aliphatic carbocycles. The normalized spacial score (nSPS) is 10.2. The number of carbonyl (C=O) groups excluding carboxylic acids is 2. The first-order chi connectivity index (χ1) is 11.9. The highest BCUT2D eigenvalue weighted by molar-refractivity contribution is 5.94. The lowest BCUT2D eigenvalue weighted by molar-refractivity contribution is -0.117. The average molecular weight is 343 g/mol. The van der Waals surface area contributed by atoms with Crippen LogP contribution in [-0.2, 0) is 9.59 Å². The molecule has 0 radical (unpaired) electrons. The second-order valence-electron chi connectivity index (χ2n) is 5.89. The summed E-state index contributed by atoms with van der Waals surface area (Å²) in [5, 5.41) is 2.80. The molecule has 25 heavy (non-hydrogen) atoms. The number of benzene rings is 2. The predicted octanol–water partition coefficient (Wildman–Crippen LogP) is 3.27. The van der Waals surface area contributed by atoms with E-state index in [0.29, 0.717) is 11.4 Å². The number of halogens is 1.